The molecule has 0 aliphatic carbocycles. The van der Waals surface area contributed by atoms with Gasteiger partial charge >= 0.3 is 0 Å². The lowest BCUT2D eigenvalue weighted by Crippen LogP contribution is -2.17. The van der Waals surface area contributed by atoms with Crippen molar-refractivity contribution in [3.8, 4) is 23.3 Å². The average Bonchev–Trinajstić information content (AvgIpc) is 2.53. The highest BCUT2D eigenvalue weighted by Gasteiger charge is 2.14. The van der Waals surface area contributed by atoms with Crippen LogP contribution in [0.3, 0.4) is 0 Å². The van der Waals surface area contributed by atoms with Crippen molar-refractivity contribution >= 4 is 0 Å². The van der Waals surface area contributed by atoms with Crippen molar-refractivity contribution in [2.24, 2.45) is 5.92 Å². The lowest BCUT2D eigenvalue weighted by molar-refractivity contribution is 0.150. The predicted molar refractivity (Wildman–Crippen MR) is 85.7 cm³/mol. The maximum atomic E-state index is 10.2. The van der Waals surface area contributed by atoms with Crippen molar-refractivity contribution in [3.05, 3.63) is 23.8 Å². The van der Waals surface area contributed by atoms with Gasteiger partial charge in [0.25, 0.3) is 0 Å². The second kappa shape index (κ2) is 9.31. The first kappa shape index (κ1) is 17.4. The summed E-state index contributed by atoms with van der Waals surface area (Å²) in [6, 6.07) is 5.52. The van der Waals surface area contributed by atoms with Crippen molar-refractivity contribution in [3.63, 3.8) is 0 Å². The number of methoxy groups -OCH3 is 2. The molecule has 0 amide bonds. The topological polar surface area (TPSA) is 38.7 Å². The molecular weight excluding hydrogens is 264 g/mol. The molecule has 0 fully saturated rings. The lowest BCUT2D eigenvalue weighted by atomic mass is 9.93. The van der Waals surface area contributed by atoms with Crippen molar-refractivity contribution in [2.75, 3.05) is 14.2 Å². The summed E-state index contributed by atoms with van der Waals surface area (Å²) < 4.78 is 10.4. The van der Waals surface area contributed by atoms with Crippen molar-refractivity contribution in [1.82, 2.24) is 0 Å². The van der Waals surface area contributed by atoms with E-state index in [1.54, 1.807) is 14.2 Å². The minimum atomic E-state index is -0.574. The Kier molecular flexibility index (Phi) is 7.71. The predicted octanol–water partition coefficient (Wildman–Crippen LogP) is 3.63. The third kappa shape index (κ3) is 5.32. The average molecular weight is 290 g/mol. The molecule has 0 spiro atoms. The minimum absolute atomic E-state index is 0.248. The molecule has 3 nitrogen and oxygen atoms in total. The van der Waals surface area contributed by atoms with Gasteiger partial charge in [-0.1, -0.05) is 38.5 Å². The summed E-state index contributed by atoms with van der Waals surface area (Å²) in [5.74, 6) is 7.56. The Morgan fingerprint density at radius 3 is 2.43 bits per heavy atom. The van der Waals surface area contributed by atoms with Gasteiger partial charge in [0.15, 0.2) is 11.5 Å². The van der Waals surface area contributed by atoms with Crippen molar-refractivity contribution in [1.29, 1.82) is 0 Å². The number of benzene rings is 1. The zero-order chi connectivity index (χ0) is 15.7. The number of unbranched alkanes of at least 4 members (excludes halogenated alkanes) is 1. The van der Waals surface area contributed by atoms with Crippen LogP contribution in [0.5, 0.6) is 11.5 Å². The van der Waals surface area contributed by atoms with Crippen LogP contribution in [0.4, 0.5) is 0 Å². The fourth-order valence-electron chi connectivity index (χ4n) is 2.24. The molecule has 0 aliphatic rings. The van der Waals surface area contributed by atoms with E-state index in [0.717, 1.165) is 31.2 Å². The van der Waals surface area contributed by atoms with E-state index in [1.165, 1.54) is 0 Å². The molecule has 0 aliphatic heterocycles. The van der Waals surface area contributed by atoms with E-state index in [9.17, 15) is 5.11 Å². The van der Waals surface area contributed by atoms with Gasteiger partial charge in [0.2, 0.25) is 0 Å². The molecule has 21 heavy (non-hydrogen) atoms. The molecule has 0 aromatic heterocycles. The van der Waals surface area contributed by atoms with Gasteiger partial charge in [0.1, 0.15) is 6.10 Å². The largest absolute Gasteiger partial charge is 0.493 e. The van der Waals surface area contributed by atoms with Crippen LogP contribution in [0, 0.1) is 17.8 Å². The third-order valence-electron chi connectivity index (χ3n) is 3.65. The second-order valence-corrected chi connectivity index (χ2v) is 5.09. The maximum Gasteiger partial charge on any atom is 0.161 e. The Labute approximate surface area is 128 Å². The van der Waals surface area contributed by atoms with Gasteiger partial charge in [-0.2, -0.15) is 0 Å². The summed E-state index contributed by atoms with van der Waals surface area (Å²) in [6.07, 6.45) is 3.67. The first-order valence-electron chi connectivity index (χ1n) is 7.57. The Morgan fingerprint density at radius 1 is 1.14 bits per heavy atom. The fourth-order valence-corrected chi connectivity index (χ4v) is 2.24. The highest BCUT2D eigenvalue weighted by atomic mass is 16.5. The summed E-state index contributed by atoms with van der Waals surface area (Å²) in [6.45, 7) is 4.26. The third-order valence-corrected chi connectivity index (χ3v) is 3.65. The summed E-state index contributed by atoms with van der Waals surface area (Å²) in [5, 5.41) is 10.2. The second-order valence-electron chi connectivity index (χ2n) is 5.09. The summed E-state index contributed by atoms with van der Waals surface area (Å²) >= 11 is 0. The van der Waals surface area contributed by atoms with Crippen LogP contribution in [0.15, 0.2) is 18.2 Å². The number of rotatable bonds is 7. The smallest absolute Gasteiger partial charge is 0.161 e. The summed E-state index contributed by atoms with van der Waals surface area (Å²) in [4.78, 5) is 0. The van der Waals surface area contributed by atoms with E-state index in [4.69, 9.17) is 9.47 Å². The first-order chi connectivity index (χ1) is 10.2. The zero-order valence-corrected chi connectivity index (χ0v) is 13.5. The molecule has 1 aromatic carbocycles. The number of aliphatic hydroxyl groups excluding tert-OH is 1. The van der Waals surface area contributed by atoms with Gasteiger partial charge < -0.3 is 14.6 Å². The van der Waals surface area contributed by atoms with E-state index in [2.05, 4.69) is 25.7 Å². The van der Waals surface area contributed by atoms with Crippen LogP contribution in [0.1, 0.15) is 45.1 Å². The van der Waals surface area contributed by atoms with E-state index < -0.39 is 6.10 Å². The van der Waals surface area contributed by atoms with Crippen LogP contribution in [0.25, 0.3) is 0 Å². The van der Waals surface area contributed by atoms with Crippen LogP contribution in [-0.2, 0) is 0 Å². The maximum absolute atomic E-state index is 10.2. The molecule has 1 N–H and O–H groups in total. The first-order valence-corrected chi connectivity index (χ1v) is 7.57. The Balaban J connectivity index is 2.80. The standard InChI is InChI=1S/C18H26O3/c1-5-7-8-15(6-2)16(19)11-9-14-10-12-17(20-3)18(13-14)21-4/h10,12-13,15-16,19H,5-8H2,1-4H3. The number of hydrogen-bond donors (Lipinski definition) is 1. The minimum Gasteiger partial charge on any atom is -0.493 e. The molecule has 0 radical (unpaired) electrons. The monoisotopic (exact) mass is 290 g/mol. The van der Waals surface area contributed by atoms with Crippen LogP contribution in [0.2, 0.25) is 0 Å². The fraction of sp³-hybridized carbons (Fsp3) is 0.556. The molecule has 0 saturated heterocycles. The quantitative estimate of drug-likeness (QED) is 0.779. The van der Waals surface area contributed by atoms with E-state index >= 15 is 0 Å². The summed E-state index contributed by atoms with van der Waals surface area (Å²) in [5.41, 5.74) is 0.817. The highest BCUT2D eigenvalue weighted by molar-refractivity contribution is 5.48. The Hall–Kier alpha value is -1.66. The Bertz CT molecular complexity index is 485. The molecule has 0 heterocycles. The SMILES string of the molecule is CCCCC(CC)C(O)C#Cc1ccc(OC)c(OC)c1. The normalized spacial score (nSPS) is 13.0. The molecule has 2 atom stereocenters. The van der Waals surface area contributed by atoms with Gasteiger partial charge in [-0.3, -0.25) is 0 Å². The van der Waals surface area contributed by atoms with E-state index in [1.807, 2.05) is 18.2 Å². The van der Waals surface area contributed by atoms with Crippen LogP contribution >= 0.6 is 0 Å². The van der Waals surface area contributed by atoms with Gasteiger partial charge in [-0.25, -0.2) is 0 Å². The molecule has 0 saturated carbocycles. The molecule has 0 bridgehead atoms. The van der Waals surface area contributed by atoms with E-state index in [-0.39, 0.29) is 5.92 Å². The molecule has 1 aromatic rings. The zero-order valence-electron chi connectivity index (χ0n) is 13.5. The van der Waals surface area contributed by atoms with Crippen molar-refractivity contribution < 1.29 is 14.6 Å². The van der Waals surface area contributed by atoms with Gasteiger partial charge in [0.05, 0.1) is 14.2 Å². The number of aliphatic hydroxyl groups is 1. The van der Waals surface area contributed by atoms with Gasteiger partial charge in [0, 0.05) is 5.56 Å². The molecular formula is C18H26O3. The number of hydrogen-bond acceptors (Lipinski definition) is 3. The molecule has 3 heteroatoms. The highest BCUT2D eigenvalue weighted by Crippen LogP contribution is 2.27. The molecule has 1 rings (SSSR count). The lowest BCUT2D eigenvalue weighted by Gasteiger charge is -2.16. The Morgan fingerprint density at radius 2 is 1.86 bits per heavy atom. The molecule has 116 valence electrons. The van der Waals surface area contributed by atoms with Gasteiger partial charge in [-0.05, 0) is 37.0 Å². The van der Waals surface area contributed by atoms with Crippen molar-refractivity contribution in [2.45, 2.75) is 45.6 Å². The number of ether oxygens (including phenoxy) is 2. The van der Waals surface area contributed by atoms with Crippen LogP contribution in [-0.4, -0.2) is 25.4 Å². The summed E-state index contributed by atoms with van der Waals surface area (Å²) in [7, 11) is 3.20. The van der Waals surface area contributed by atoms with Gasteiger partial charge in [-0.15, -0.1) is 0 Å². The molecule has 2 unspecified atom stereocenters. The van der Waals surface area contributed by atoms with Crippen LogP contribution < -0.4 is 9.47 Å². The van der Waals surface area contributed by atoms with E-state index in [0.29, 0.717) is 11.5 Å².